The lowest BCUT2D eigenvalue weighted by atomic mass is 10.2. The molecular weight excluding hydrogens is 353 g/mol. The Morgan fingerprint density at radius 2 is 1.80 bits per heavy atom. The molecule has 6 heteroatoms. The van der Waals surface area contributed by atoms with Crippen LogP contribution in [0.25, 0.3) is 22.2 Å². The molecule has 0 N–H and O–H groups in total. The van der Waals surface area contributed by atoms with E-state index in [-0.39, 0.29) is 5.82 Å². The highest BCUT2D eigenvalue weighted by Crippen LogP contribution is 2.30. The van der Waals surface area contributed by atoms with Gasteiger partial charge in [0.25, 0.3) is 0 Å². The van der Waals surface area contributed by atoms with E-state index in [9.17, 15) is 4.39 Å². The summed E-state index contributed by atoms with van der Waals surface area (Å²) in [6.07, 6.45) is 0. The van der Waals surface area contributed by atoms with Crippen LogP contribution in [-0.4, -0.2) is 15.0 Å². The van der Waals surface area contributed by atoms with Gasteiger partial charge in [0.05, 0.1) is 17.0 Å². The third-order valence-electron chi connectivity index (χ3n) is 3.79. The van der Waals surface area contributed by atoms with Gasteiger partial charge in [0, 0.05) is 22.0 Å². The lowest BCUT2D eigenvalue weighted by Crippen LogP contribution is -1.96. The van der Waals surface area contributed by atoms with Crippen molar-refractivity contribution in [1.29, 1.82) is 0 Å². The molecule has 4 aromatic rings. The Labute approximate surface area is 153 Å². The number of thiazole rings is 1. The molecule has 4 rings (SSSR count). The molecule has 0 saturated heterocycles. The quantitative estimate of drug-likeness (QED) is 0.447. The third-order valence-corrected chi connectivity index (χ3v) is 5.80. The van der Waals surface area contributed by atoms with E-state index in [0.29, 0.717) is 5.75 Å². The van der Waals surface area contributed by atoms with Crippen molar-refractivity contribution in [2.24, 2.45) is 0 Å². The number of para-hydroxylation sites is 1. The number of hydrogen-bond donors (Lipinski definition) is 0. The van der Waals surface area contributed by atoms with E-state index in [0.717, 1.165) is 38.0 Å². The lowest BCUT2D eigenvalue weighted by molar-refractivity contribution is 0.628. The summed E-state index contributed by atoms with van der Waals surface area (Å²) in [6.45, 7) is 2.01. The number of hydrogen-bond acceptors (Lipinski definition) is 5. The zero-order valence-corrected chi connectivity index (χ0v) is 15.1. The molecule has 2 aromatic carbocycles. The zero-order valence-electron chi connectivity index (χ0n) is 13.4. The maximum absolute atomic E-state index is 13.0. The van der Waals surface area contributed by atoms with Crippen LogP contribution < -0.4 is 0 Å². The fraction of sp³-hybridized carbons (Fsp3) is 0.105. The van der Waals surface area contributed by atoms with Gasteiger partial charge in [-0.1, -0.05) is 30.0 Å². The van der Waals surface area contributed by atoms with Gasteiger partial charge >= 0.3 is 0 Å². The van der Waals surface area contributed by atoms with Gasteiger partial charge in [0.2, 0.25) is 0 Å². The number of thioether (sulfide) groups is 1. The summed E-state index contributed by atoms with van der Waals surface area (Å²) < 4.78 is 14.0. The van der Waals surface area contributed by atoms with Crippen LogP contribution in [0, 0.1) is 12.7 Å². The number of rotatable bonds is 4. The van der Waals surface area contributed by atoms with Crippen molar-refractivity contribution in [2.75, 3.05) is 0 Å². The minimum absolute atomic E-state index is 0.239. The monoisotopic (exact) mass is 367 g/mol. The molecule has 0 radical (unpaired) electrons. The molecule has 0 fully saturated rings. The Morgan fingerprint density at radius 3 is 2.64 bits per heavy atom. The summed E-state index contributed by atoms with van der Waals surface area (Å²) in [5.41, 5.74) is 3.74. The summed E-state index contributed by atoms with van der Waals surface area (Å²) >= 11 is 3.20. The molecule has 0 atom stereocenters. The van der Waals surface area contributed by atoms with Crippen molar-refractivity contribution in [3.05, 3.63) is 71.2 Å². The predicted octanol–water partition coefficient (Wildman–Crippen LogP) is 5.49. The first-order valence-electron chi connectivity index (χ1n) is 7.75. The van der Waals surface area contributed by atoms with Gasteiger partial charge in [-0.2, -0.15) is 0 Å². The minimum atomic E-state index is -0.239. The molecule has 0 aliphatic carbocycles. The van der Waals surface area contributed by atoms with E-state index in [1.807, 2.05) is 36.6 Å². The van der Waals surface area contributed by atoms with Crippen molar-refractivity contribution in [3.8, 4) is 11.3 Å². The van der Waals surface area contributed by atoms with Gasteiger partial charge < -0.3 is 0 Å². The number of aromatic nitrogens is 3. The Bertz CT molecular complexity index is 1030. The third kappa shape index (κ3) is 3.55. The Balaban J connectivity index is 1.51. The van der Waals surface area contributed by atoms with Gasteiger partial charge in [-0.3, -0.25) is 0 Å². The number of halogens is 1. The standard InChI is InChI=1S/C19H14FN3S2/c1-12-15-4-2-3-5-16(15)22-18(21-12)11-25-19-23-17(10-24-19)13-6-8-14(20)9-7-13/h2-10H,11H2,1H3. The summed E-state index contributed by atoms with van der Waals surface area (Å²) in [4.78, 5) is 13.8. The second-order valence-electron chi connectivity index (χ2n) is 5.54. The molecule has 0 spiro atoms. The molecule has 25 heavy (non-hydrogen) atoms. The average Bonchev–Trinajstić information content (AvgIpc) is 3.10. The first-order chi connectivity index (χ1) is 12.2. The maximum Gasteiger partial charge on any atom is 0.150 e. The molecule has 124 valence electrons. The maximum atomic E-state index is 13.0. The SMILES string of the molecule is Cc1nc(CSc2nc(-c3ccc(F)cc3)cs2)nc2ccccc12. The van der Waals surface area contributed by atoms with Gasteiger partial charge in [-0.05, 0) is 37.3 Å². The Morgan fingerprint density at radius 1 is 1.00 bits per heavy atom. The summed E-state index contributed by atoms with van der Waals surface area (Å²) in [7, 11) is 0. The van der Waals surface area contributed by atoms with E-state index >= 15 is 0 Å². The first-order valence-corrected chi connectivity index (χ1v) is 9.62. The molecule has 0 amide bonds. The number of fused-ring (bicyclic) bond motifs is 1. The fourth-order valence-electron chi connectivity index (χ4n) is 2.56. The highest BCUT2D eigenvalue weighted by molar-refractivity contribution is 8.00. The highest BCUT2D eigenvalue weighted by Gasteiger charge is 2.08. The van der Waals surface area contributed by atoms with Crippen molar-refractivity contribution < 1.29 is 4.39 Å². The van der Waals surface area contributed by atoms with Crippen LogP contribution in [0.15, 0.2) is 58.3 Å². The van der Waals surface area contributed by atoms with Crippen LogP contribution in [-0.2, 0) is 5.75 Å². The van der Waals surface area contributed by atoms with Gasteiger partial charge in [0.15, 0.2) is 4.34 Å². The molecule has 2 aromatic heterocycles. The van der Waals surface area contributed by atoms with Gasteiger partial charge in [0.1, 0.15) is 11.6 Å². The number of aryl methyl sites for hydroxylation is 1. The number of nitrogens with zero attached hydrogens (tertiary/aromatic N) is 3. The fourth-order valence-corrected chi connectivity index (χ4v) is 4.25. The van der Waals surface area contributed by atoms with Crippen LogP contribution in [0.1, 0.15) is 11.5 Å². The van der Waals surface area contributed by atoms with E-state index in [4.69, 9.17) is 0 Å². The molecule has 0 saturated carbocycles. The van der Waals surface area contributed by atoms with E-state index in [1.54, 1.807) is 35.2 Å². The molecule has 0 aliphatic heterocycles. The van der Waals surface area contributed by atoms with E-state index in [2.05, 4.69) is 15.0 Å². The van der Waals surface area contributed by atoms with E-state index in [1.165, 1.54) is 12.1 Å². The van der Waals surface area contributed by atoms with Crippen LogP contribution in [0.5, 0.6) is 0 Å². The summed E-state index contributed by atoms with van der Waals surface area (Å²) in [5, 5.41) is 3.08. The Hall–Kier alpha value is -2.31. The van der Waals surface area contributed by atoms with Gasteiger partial charge in [-0.15, -0.1) is 11.3 Å². The average molecular weight is 367 g/mol. The van der Waals surface area contributed by atoms with Crippen LogP contribution in [0.2, 0.25) is 0 Å². The largest absolute Gasteiger partial charge is 0.237 e. The molecule has 0 aliphatic rings. The summed E-state index contributed by atoms with van der Waals surface area (Å²) in [6, 6.07) is 14.4. The second kappa shape index (κ2) is 6.90. The first kappa shape index (κ1) is 16.2. The van der Waals surface area contributed by atoms with E-state index < -0.39 is 0 Å². The molecule has 2 heterocycles. The Kier molecular flexibility index (Phi) is 4.46. The molecular formula is C19H14FN3S2. The number of benzene rings is 2. The van der Waals surface area contributed by atoms with Crippen molar-refractivity contribution >= 4 is 34.0 Å². The lowest BCUT2D eigenvalue weighted by Gasteiger charge is -2.04. The summed E-state index contributed by atoms with van der Waals surface area (Å²) in [5.74, 6) is 1.24. The predicted molar refractivity (Wildman–Crippen MR) is 101 cm³/mol. The van der Waals surface area contributed by atoms with Crippen LogP contribution >= 0.6 is 23.1 Å². The van der Waals surface area contributed by atoms with Crippen LogP contribution in [0.4, 0.5) is 4.39 Å². The molecule has 3 nitrogen and oxygen atoms in total. The van der Waals surface area contributed by atoms with Crippen molar-refractivity contribution in [2.45, 2.75) is 17.0 Å². The molecule has 0 bridgehead atoms. The minimum Gasteiger partial charge on any atom is -0.237 e. The second-order valence-corrected chi connectivity index (χ2v) is 7.62. The zero-order chi connectivity index (χ0) is 17.2. The normalized spacial score (nSPS) is 11.1. The van der Waals surface area contributed by atoms with Crippen LogP contribution in [0.3, 0.4) is 0 Å². The van der Waals surface area contributed by atoms with Gasteiger partial charge in [-0.25, -0.2) is 19.3 Å². The van der Waals surface area contributed by atoms with Crippen molar-refractivity contribution in [1.82, 2.24) is 15.0 Å². The topological polar surface area (TPSA) is 38.7 Å². The smallest absolute Gasteiger partial charge is 0.150 e. The highest BCUT2D eigenvalue weighted by atomic mass is 32.2. The molecule has 0 unspecified atom stereocenters. The van der Waals surface area contributed by atoms with Crippen molar-refractivity contribution in [3.63, 3.8) is 0 Å².